The number of hydrogen-bond acceptors (Lipinski definition) is 4. The highest BCUT2D eigenvalue weighted by molar-refractivity contribution is 5.68. The Kier molecular flexibility index (Phi) is 2.88. The Morgan fingerprint density at radius 1 is 1.28 bits per heavy atom. The molecule has 18 heavy (non-hydrogen) atoms. The van der Waals surface area contributed by atoms with Crippen LogP contribution in [0.15, 0.2) is 18.2 Å². The van der Waals surface area contributed by atoms with E-state index in [0.29, 0.717) is 19.0 Å². The molecule has 1 aliphatic rings. The van der Waals surface area contributed by atoms with Gasteiger partial charge in [-0.15, -0.1) is 0 Å². The third-order valence-electron chi connectivity index (χ3n) is 2.83. The molecule has 0 saturated carbocycles. The molecule has 94 valence electrons. The van der Waals surface area contributed by atoms with E-state index in [9.17, 15) is 0 Å². The second-order valence-electron chi connectivity index (χ2n) is 4.19. The van der Waals surface area contributed by atoms with Crippen molar-refractivity contribution in [1.82, 2.24) is 15.2 Å². The molecule has 1 aromatic heterocycles. The maximum atomic E-state index is 5.66. The summed E-state index contributed by atoms with van der Waals surface area (Å²) in [5.41, 5.74) is 0.880. The van der Waals surface area contributed by atoms with Gasteiger partial charge in [-0.25, -0.2) is 4.98 Å². The van der Waals surface area contributed by atoms with Crippen molar-refractivity contribution in [3.63, 3.8) is 0 Å². The van der Waals surface area contributed by atoms with Crippen LogP contribution in [-0.4, -0.2) is 28.4 Å². The molecule has 0 bridgehead atoms. The molecule has 0 fully saturated rings. The number of ether oxygens (including phenoxy) is 2. The van der Waals surface area contributed by atoms with Gasteiger partial charge in [0.25, 0.3) is 0 Å². The summed E-state index contributed by atoms with van der Waals surface area (Å²) in [5.74, 6) is 3.08. The van der Waals surface area contributed by atoms with Gasteiger partial charge in [-0.2, -0.15) is 5.10 Å². The number of benzene rings is 1. The molecule has 1 aromatic carbocycles. The number of aryl methyl sites for hydroxylation is 1. The number of fused-ring (bicyclic) bond motifs is 1. The Morgan fingerprint density at radius 3 is 3.06 bits per heavy atom. The number of rotatable bonds is 3. The van der Waals surface area contributed by atoms with E-state index in [1.807, 2.05) is 18.2 Å². The van der Waals surface area contributed by atoms with Crippen LogP contribution >= 0.6 is 0 Å². The Bertz CT molecular complexity index is 551. The lowest BCUT2D eigenvalue weighted by molar-refractivity contribution is 0.172. The molecule has 0 unspecified atom stereocenters. The van der Waals surface area contributed by atoms with Gasteiger partial charge in [0.1, 0.15) is 19.0 Å². The lowest BCUT2D eigenvalue weighted by Crippen LogP contribution is -2.15. The zero-order chi connectivity index (χ0) is 12.4. The van der Waals surface area contributed by atoms with Gasteiger partial charge < -0.3 is 9.47 Å². The third kappa shape index (κ3) is 1.92. The van der Waals surface area contributed by atoms with Gasteiger partial charge in [0.2, 0.25) is 0 Å². The minimum atomic E-state index is 0.566. The van der Waals surface area contributed by atoms with Crippen molar-refractivity contribution in [1.29, 1.82) is 0 Å². The van der Waals surface area contributed by atoms with Crippen molar-refractivity contribution < 1.29 is 9.47 Å². The fourth-order valence-electron chi connectivity index (χ4n) is 2.01. The summed E-state index contributed by atoms with van der Waals surface area (Å²) in [6.07, 6.45) is 1.94. The molecule has 5 nitrogen and oxygen atoms in total. The summed E-state index contributed by atoms with van der Waals surface area (Å²) >= 11 is 0. The number of nitrogens with zero attached hydrogens (tertiary/aromatic N) is 2. The molecule has 1 N–H and O–H groups in total. The van der Waals surface area contributed by atoms with E-state index in [1.165, 1.54) is 0 Å². The number of hydrogen-bond donors (Lipinski definition) is 1. The topological polar surface area (TPSA) is 60.0 Å². The summed E-state index contributed by atoms with van der Waals surface area (Å²) in [6, 6.07) is 5.78. The highest BCUT2D eigenvalue weighted by Crippen LogP contribution is 2.38. The first-order chi connectivity index (χ1) is 8.88. The SMILES string of the molecule is CCCc1nc(-c2cccc3c2OCCO3)n[nH]1. The van der Waals surface area contributed by atoms with Gasteiger partial charge >= 0.3 is 0 Å². The lowest BCUT2D eigenvalue weighted by Gasteiger charge is -2.19. The highest BCUT2D eigenvalue weighted by Gasteiger charge is 2.19. The number of H-pyrrole nitrogens is 1. The Balaban J connectivity index is 2.00. The van der Waals surface area contributed by atoms with Crippen molar-refractivity contribution in [2.24, 2.45) is 0 Å². The Labute approximate surface area is 105 Å². The molecule has 0 aliphatic carbocycles. The predicted octanol–water partition coefficient (Wildman–Crippen LogP) is 2.20. The molecule has 0 amide bonds. The largest absolute Gasteiger partial charge is 0.486 e. The van der Waals surface area contributed by atoms with Crippen LogP contribution in [0.4, 0.5) is 0 Å². The summed E-state index contributed by atoms with van der Waals surface area (Å²) in [4.78, 5) is 4.48. The van der Waals surface area contributed by atoms with Crippen molar-refractivity contribution in [3.8, 4) is 22.9 Å². The van der Waals surface area contributed by atoms with Crippen LogP contribution in [0, 0.1) is 0 Å². The van der Waals surface area contributed by atoms with Crippen LogP contribution in [0.1, 0.15) is 19.2 Å². The van der Waals surface area contributed by atoms with E-state index >= 15 is 0 Å². The molecular formula is C13H15N3O2. The molecule has 0 spiro atoms. The maximum absolute atomic E-state index is 5.66. The van der Waals surface area contributed by atoms with Crippen LogP contribution in [0.3, 0.4) is 0 Å². The smallest absolute Gasteiger partial charge is 0.185 e. The zero-order valence-corrected chi connectivity index (χ0v) is 10.3. The summed E-state index contributed by atoms with van der Waals surface area (Å²) < 4.78 is 11.2. The normalized spacial score (nSPS) is 13.6. The van der Waals surface area contributed by atoms with Gasteiger partial charge in [-0.3, -0.25) is 5.10 Å². The molecule has 0 atom stereocenters. The predicted molar refractivity (Wildman–Crippen MR) is 66.8 cm³/mol. The van der Waals surface area contributed by atoms with Crippen molar-refractivity contribution in [2.75, 3.05) is 13.2 Å². The molecule has 2 aromatic rings. The monoisotopic (exact) mass is 245 g/mol. The van der Waals surface area contributed by atoms with Gasteiger partial charge in [0, 0.05) is 6.42 Å². The van der Waals surface area contributed by atoms with Crippen LogP contribution in [0.2, 0.25) is 0 Å². The summed E-state index contributed by atoms with van der Waals surface area (Å²) in [5, 5.41) is 7.20. The van der Waals surface area contributed by atoms with E-state index in [4.69, 9.17) is 9.47 Å². The fourth-order valence-corrected chi connectivity index (χ4v) is 2.01. The zero-order valence-electron chi connectivity index (χ0n) is 10.3. The maximum Gasteiger partial charge on any atom is 0.185 e. The average molecular weight is 245 g/mol. The van der Waals surface area contributed by atoms with E-state index < -0.39 is 0 Å². The summed E-state index contributed by atoms with van der Waals surface area (Å²) in [6.45, 7) is 3.27. The second kappa shape index (κ2) is 4.68. The minimum absolute atomic E-state index is 0.566. The minimum Gasteiger partial charge on any atom is -0.486 e. The third-order valence-corrected chi connectivity index (χ3v) is 2.83. The molecule has 3 rings (SSSR count). The van der Waals surface area contributed by atoms with Crippen LogP contribution < -0.4 is 9.47 Å². The highest BCUT2D eigenvalue weighted by atomic mass is 16.6. The molecular weight excluding hydrogens is 230 g/mol. The summed E-state index contributed by atoms with van der Waals surface area (Å²) in [7, 11) is 0. The van der Waals surface area contributed by atoms with E-state index in [1.54, 1.807) is 0 Å². The number of aromatic nitrogens is 3. The van der Waals surface area contributed by atoms with Crippen molar-refractivity contribution >= 4 is 0 Å². The first-order valence-corrected chi connectivity index (χ1v) is 6.18. The molecule has 5 heteroatoms. The van der Waals surface area contributed by atoms with Gasteiger partial charge in [0.05, 0.1) is 5.56 Å². The number of nitrogens with one attached hydrogen (secondary N) is 1. The fraction of sp³-hybridized carbons (Fsp3) is 0.385. The van der Waals surface area contributed by atoms with Gasteiger partial charge in [-0.05, 0) is 18.6 Å². The Hall–Kier alpha value is -2.04. The second-order valence-corrected chi connectivity index (χ2v) is 4.19. The van der Waals surface area contributed by atoms with E-state index in [0.717, 1.165) is 35.7 Å². The van der Waals surface area contributed by atoms with Gasteiger partial charge in [0.15, 0.2) is 17.3 Å². The molecule has 2 heterocycles. The van der Waals surface area contributed by atoms with Crippen molar-refractivity contribution in [3.05, 3.63) is 24.0 Å². The van der Waals surface area contributed by atoms with Crippen LogP contribution in [0.5, 0.6) is 11.5 Å². The molecule has 1 aliphatic heterocycles. The van der Waals surface area contributed by atoms with Crippen LogP contribution in [0.25, 0.3) is 11.4 Å². The first-order valence-electron chi connectivity index (χ1n) is 6.18. The number of para-hydroxylation sites is 1. The lowest BCUT2D eigenvalue weighted by atomic mass is 10.1. The molecule has 0 saturated heterocycles. The van der Waals surface area contributed by atoms with Crippen molar-refractivity contribution in [2.45, 2.75) is 19.8 Å². The van der Waals surface area contributed by atoms with E-state index in [-0.39, 0.29) is 0 Å². The standard InChI is InChI=1S/C13H15N3O2/c1-2-4-11-14-13(16-15-11)9-5-3-6-10-12(9)18-8-7-17-10/h3,5-6H,2,4,7-8H2,1H3,(H,14,15,16). The molecule has 0 radical (unpaired) electrons. The van der Waals surface area contributed by atoms with Crippen LogP contribution in [-0.2, 0) is 6.42 Å². The Morgan fingerprint density at radius 2 is 2.17 bits per heavy atom. The first kappa shape index (κ1) is 11.1. The number of aromatic amines is 1. The average Bonchev–Trinajstić information content (AvgIpc) is 2.87. The van der Waals surface area contributed by atoms with E-state index in [2.05, 4.69) is 22.1 Å². The van der Waals surface area contributed by atoms with Gasteiger partial charge in [-0.1, -0.05) is 13.0 Å². The quantitative estimate of drug-likeness (QED) is 0.900.